The van der Waals surface area contributed by atoms with Crippen molar-refractivity contribution in [1.29, 1.82) is 0 Å². The number of ether oxygens (including phenoxy) is 1. The lowest BCUT2D eigenvalue weighted by Gasteiger charge is -2.32. The Morgan fingerprint density at radius 1 is 1.17 bits per heavy atom. The Balaban J connectivity index is 1.61. The van der Waals surface area contributed by atoms with E-state index in [1.165, 1.54) is 16.2 Å². The third-order valence-corrected chi connectivity index (χ3v) is 6.41. The van der Waals surface area contributed by atoms with E-state index in [0.29, 0.717) is 22.9 Å². The molecular formula is C22H24N2O4S. The van der Waals surface area contributed by atoms with Gasteiger partial charge in [0.2, 0.25) is 5.91 Å². The molecule has 0 spiro atoms. The molecule has 29 heavy (non-hydrogen) atoms. The summed E-state index contributed by atoms with van der Waals surface area (Å²) in [5.74, 6) is -0.0546. The number of anilines is 1. The van der Waals surface area contributed by atoms with Gasteiger partial charge in [0, 0.05) is 6.04 Å². The lowest BCUT2D eigenvalue weighted by atomic mass is 10.1. The van der Waals surface area contributed by atoms with Crippen molar-refractivity contribution in [3.63, 3.8) is 0 Å². The van der Waals surface area contributed by atoms with Gasteiger partial charge >= 0.3 is 0 Å². The number of nitrogens with zero attached hydrogens (tertiary/aromatic N) is 2. The van der Waals surface area contributed by atoms with Crippen LogP contribution in [0, 0.1) is 0 Å². The Hall–Kier alpha value is -2.67. The number of imide groups is 1. The van der Waals surface area contributed by atoms with Crippen molar-refractivity contribution >= 4 is 34.7 Å². The van der Waals surface area contributed by atoms with Crippen molar-refractivity contribution in [2.75, 3.05) is 11.5 Å². The van der Waals surface area contributed by atoms with E-state index in [-0.39, 0.29) is 30.2 Å². The maximum atomic E-state index is 13.3. The van der Waals surface area contributed by atoms with Gasteiger partial charge < -0.3 is 9.64 Å². The average Bonchev–Trinajstić information content (AvgIpc) is 3.47. The molecule has 3 amide bonds. The Labute approximate surface area is 174 Å². The Morgan fingerprint density at radius 3 is 2.52 bits per heavy atom. The van der Waals surface area contributed by atoms with Crippen LogP contribution in [-0.2, 0) is 9.59 Å². The van der Waals surface area contributed by atoms with Crippen LogP contribution in [-0.4, -0.2) is 41.3 Å². The van der Waals surface area contributed by atoms with E-state index in [2.05, 4.69) is 0 Å². The molecule has 2 fully saturated rings. The molecule has 1 aromatic carbocycles. The molecule has 1 aromatic heterocycles. The maximum absolute atomic E-state index is 13.3. The maximum Gasteiger partial charge on any atom is 0.264 e. The van der Waals surface area contributed by atoms with Gasteiger partial charge in [0.15, 0.2) is 0 Å². The van der Waals surface area contributed by atoms with Crippen LogP contribution in [0.3, 0.4) is 0 Å². The summed E-state index contributed by atoms with van der Waals surface area (Å²) in [6, 6.07) is 9.79. The molecule has 1 saturated heterocycles. The highest BCUT2D eigenvalue weighted by Crippen LogP contribution is 2.33. The van der Waals surface area contributed by atoms with Gasteiger partial charge in [-0.1, -0.05) is 18.9 Å². The van der Waals surface area contributed by atoms with E-state index in [1.807, 2.05) is 18.4 Å². The number of hydrogen-bond acceptors (Lipinski definition) is 5. The zero-order chi connectivity index (χ0) is 20.4. The van der Waals surface area contributed by atoms with Gasteiger partial charge in [-0.2, -0.15) is 0 Å². The summed E-state index contributed by atoms with van der Waals surface area (Å²) in [6.07, 6.45) is 3.85. The van der Waals surface area contributed by atoms with Crippen molar-refractivity contribution in [2.24, 2.45) is 0 Å². The number of benzene rings is 1. The molecule has 152 valence electrons. The van der Waals surface area contributed by atoms with E-state index in [9.17, 15) is 14.4 Å². The predicted molar refractivity (Wildman–Crippen MR) is 111 cm³/mol. The minimum absolute atomic E-state index is 0.00614. The summed E-state index contributed by atoms with van der Waals surface area (Å²) < 4.78 is 5.44. The van der Waals surface area contributed by atoms with Crippen LogP contribution < -0.4 is 9.64 Å². The first-order valence-corrected chi connectivity index (χ1v) is 10.9. The second-order valence-corrected chi connectivity index (χ2v) is 8.29. The SMILES string of the molecule is CCOc1ccc(N2C(=O)CC(N(C(=O)c3cccs3)C3CCCC3)C2=O)cc1. The Morgan fingerprint density at radius 2 is 1.90 bits per heavy atom. The number of amides is 3. The normalized spacial score (nSPS) is 19.8. The minimum atomic E-state index is -0.744. The van der Waals surface area contributed by atoms with Crippen LogP contribution in [0.5, 0.6) is 5.75 Å². The number of carbonyl (C=O) groups is 3. The van der Waals surface area contributed by atoms with E-state index >= 15 is 0 Å². The molecule has 7 heteroatoms. The quantitative estimate of drug-likeness (QED) is 0.676. The van der Waals surface area contributed by atoms with Gasteiger partial charge in [0.25, 0.3) is 11.8 Å². The van der Waals surface area contributed by atoms with Crippen LogP contribution in [0.15, 0.2) is 41.8 Å². The third kappa shape index (κ3) is 3.79. The topological polar surface area (TPSA) is 66.9 Å². The summed E-state index contributed by atoms with van der Waals surface area (Å²) in [4.78, 5) is 42.8. The molecule has 1 aliphatic heterocycles. The lowest BCUT2D eigenvalue weighted by molar-refractivity contribution is -0.123. The molecule has 0 bridgehead atoms. The van der Waals surface area contributed by atoms with Gasteiger partial charge in [-0.05, 0) is 55.5 Å². The molecule has 1 saturated carbocycles. The molecule has 6 nitrogen and oxygen atoms in total. The lowest BCUT2D eigenvalue weighted by Crippen LogP contribution is -2.49. The molecule has 1 atom stereocenters. The molecular weight excluding hydrogens is 388 g/mol. The standard InChI is InChI=1S/C22H24N2O4S/c1-2-28-17-11-9-16(10-12-17)24-20(25)14-18(21(24)26)23(15-6-3-4-7-15)22(27)19-8-5-13-29-19/h5,8-13,15,18H,2-4,6-7,14H2,1H3. The van der Waals surface area contributed by atoms with Crippen molar-refractivity contribution in [2.45, 2.75) is 51.1 Å². The summed E-state index contributed by atoms with van der Waals surface area (Å²) in [6.45, 7) is 2.44. The summed E-state index contributed by atoms with van der Waals surface area (Å²) in [5, 5.41) is 1.86. The van der Waals surface area contributed by atoms with Crippen LogP contribution in [0.1, 0.15) is 48.7 Å². The molecule has 4 rings (SSSR count). The smallest absolute Gasteiger partial charge is 0.264 e. The first kappa shape index (κ1) is 19.6. The second kappa shape index (κ2) is 8.37. The van der Waals surface area contributed by atoms with Crippen molar-refractivity contribution in [3.8, 4) is 5.75 Å². The zero-order valence-corrected chi connectivity index (χ0v) is 17.2. The number of hydrogen-bond donors (Lipinski definition) is 0. The Bertz CT molecular complexity index is 888. The van der Waals surface area contributed by atoms with Crippen molar-refractivity contribution < 1.29 is 19.1 Å². The monoisotopic (exact) mass is 412 g/mol. The highest BCUT2D eigenvalue weighted by atomic mass is 32.1. The highest BCUT2D eigenvalue weighted by Gasteiger charge is 2.47. The first-order valence-electron chi connectivity index (χ1n) is 10.1. The molecule has 0 radical (unpaired) electrons. The third-order valence-electron chi connectivity index (χ3n) is 5.55. The summed E-state index contributed by atoms with van der Waals surface area (Å²) in [7, 11) is 0. The van der Waals surface area contributed by atoms with E-state index in [0.717, 1.165) is 25.7 Å². The van der Waals surface area contributed by atoms with Gasteiger partial charge in [-0.15, -0.1) is 11.3 Å². The fourth-order valence-electron chi connectivity index (χ4n) is 4.23. The van der Waals surface area contributed by atoms with E-state index in [4.69, 9.17) is 4.74 Å². The fraction of sp³-hybridized carbons (Fsp3) is 0.409. The fourth-order valence-corrected chi connectivity index (χ4v) is 4.90. The van der Waals surface area contributed by atoms with Crippen LogP contribution in [0.2, 0.25) is 0 Å². The first-order chi connectivity index (χ1) is 14.1. The molecule has 0 N–H and O–H groups in total. The van der Waals surface area contributed by atoms with Crippen LogP contribution >= 0.6 is 11.3 Å². The number of carbonyl (C=O) groups excluding carboxylic acids is 3. The van der Waals surface area contributed by atoms with Gasteiger partial charge in [0.1, 0.15) is 11.8 Å². The van der Waals surface area contributed by atoms with Crippen molar-refractivity contribution in [3.05, 3.63) is 46.7 Å². The molecule has 2 aromatic rings. The van der Waals surface area contributed by atoms with Crippen molar-refractivity contribution in [1.82, 2.24) is 4.90 Å². The molecule has 2 aliphatic rings. The Kier molecular flexibility index (Phi) is 5.67. The van der Waals surface area contributed by atoms with Crippen LogP contribution in [0.4, 0.5) is 5.69 Å². The van der Waals surface area contributed by atoms with Gasteiger partial charge in [-0.3, -0.25) is 14.4 Å². The zero-order valence-electron chi connectivity index (χ0n) is 16.4. The summed E-state index contributed by atoms with van der Waals surface area (Å²) >= 11 is 1.37. The van der Waals surface area contributed by atoms with Gasteiger partial charge in [-0.25, -0.2) is 4.90 Å². The largest absolute Gasteiger partial charge is 0.494 e. The number of thiophene rings is 1. The van der Waals surface area contributed by atoms with Crippen LogP contribution in [0.25, 0.3) is 0 Å². The predicted octanol–water partition coefficient (Wildman–Crippen LogP) is 3.86. The van der Waals surface area contributed by atoms with E-state index in [1.54, 1.807) is 35.2 Å². The number of rotatable bonds is 6. The van der Waals surface area contributed by atoms with E-state index < -0.39 is 6.04 Å². The minimum Gasteiger partial charge on any atom is -0.494 e. The summed E-state index contributed by atoms with van der Waals surface area (Å²) in [5.41, 5.74) is 0.515. The molecule has 1 aliphatic carbocycles. The second-order valence-electron chi connectivity index (χ2n) is 7.34. The highest BCUT2D eigenvalue weighted by molar-refractivity contribution is 7.12. The average molecular weight is 413 g/mol. The molecule has 1 unspecified atom stereocenters. The van der Waals surface area contributed by atoms with Gasteiger partial charge in [0.05, 0.1) is 23.6 Å². The molecule has 2 heterocycles.